The summed E-state index contributed by atoms with van der Waals surface area (Å²) in [5, 5.41) is 14.2. The maximum Gasteiger partial charge on any atom is 0.329 e. The molecule has 0 radical (unpaired) electrons. The molecular formula is C28H29N7O. The van der Waals surface area contributed by atoms with Crippen molar-refractivity contribution < 1.29 is 0 Å². The average Bonchev–Trinajstić information content (AvgIpc) is 3.55. The third kappa shape index (κ3) is 4.49. The van der Waals surface area contributed by atoms with Crippen LogP contribution >= 0.6 is 0 Å². The highest BCUT2D eigenvalue weighted by Gasteiger charge is 2.20. The Morgan fingerprint density at radius 1 is 0.944 bits per heavy atom. The third-order valence-electron chi connectivity index (χ3n) is 6.63. The topological polar surface area (TPSA) is 94.3 Å². The Balaban J connectivity index is 1.41. The molecule has 0 aliphatic carbocycles. The van der Waals surface area contributed by atoms with Crippen molar-refractivity contribution in [3.8, 4) is 22.6 Å². The van der Waals surface area contributed by atoms with Crippen molar-refractivity contribution in [2.75, 3.05) is 0 Å². The van der Waals surface area contributed by atoms with Gasteiger partial charge in [-0.25, -0.2) is 9.89 Å². The molecule has 5 rings (SSSR count). The van der Waals surface area contributed by atoms with E-state index in [1.165, 1.54) is 16.7 Å². The highest BCUT2D eigenvalue weighted by molar-refractivity contribution is 5.78. The van der Waals surface area contributed by atoms with E-state index in [0.717, 1.165) is 35.2 Å². The van der Waals surface area contributed by atoms with E-state index in [2.05, 4.69) is 64.6 Å². The van der Waals surface area contributed by atoms with Gasteiger partial charge in [-0.1, -0.05) is 61.9 Å². The molecule has 1 unspecified atom stereocenters. The number of pyridine rings is 1. The fraction of sp³-hybridized carbons (Fsp3) is 0.250. The highest BCUT2D eigenvalue weighted by atomic mass is 16.1. The Morgan fingerprint density at radius 3 is 2.39 bits per heavy atom. The summed E-state index contributed by atoms with van der Waals surface area (Å²) in [6.07, 6.45) is 7.51. The Bertz CT molecular complexity index is 1490. The van der Waals surface area contributed by atoms with Crippen LogP contribution in [0.5, 0.6) is 0 Å². The van der Waals surface area contributed by atoms with Crippen LogP contribution in [-0.4, -0.2) is 34.7 Å². The SMILES string of the molecule is CCCC(c1c(C)cccc1C)n1ccn(Cc2ccc(-c3ccccc3-c3nnn[nH]3)nc2)c1=O. The minimum Gasteiger partial charge on any atom is -0.295 e. The lowest BCUT2D eigenvalue weighted by Crippen LogP contribution is -2.29. The quantitative estimate of drug-likeness (QED) is 0.340. The number of nitrogens with one attached hydrogen (secondary N) is 1. The molecule has 1 atom stereocenters. The first-order valence-electron chi connectivity index (χ1n) is 12.2. The molecule has 0 saturated carbocycles. The normalized spacial score (nSPS) is 12.1. The Hall–Kier alpha value is -4.33. The van der Waals surface area contributed by atoms with Crippen molar-refractivity contribution >= 4 is 0 Å². The molecule has 3 aromatic heterocycles. The second kappa shape index (κ2) is 10.1. The van der Waals surface area contributed by atoms with Crippen molar-refractivity contribution in [3.05, 3.63) is 106 Å². The summed E-state index contributed by atoms with van der Waals surface area (Å²) in [4.78, 5) is 18.1. The van der Waals surface area contributed by atoms with Crippen molar-refractivity contribution in [3.63, 3.8) is 0 Å². The van der Waals surface area contributed by atoms with E-state index in [4.69, 9.17) is 0 Å². The largest absolute Gasteiger partial charge is 0.329 e. The van der Waals surface area contributed by atoms with Crippen molar-refractivity contribution in [1.29, 1.82) is 0 Å². The number of nitrogens with zero attached hydrogens (tertiary/aromatic N) is 6. The summed E-state index contributed by atoms with van der Waals surface area (Å²) >= 11 is 0. The zero-order chi connectivity index (χ0) is 25.1. The molecule has 0 fully saturated rings. The lowest BCUT2D eigenvalue weighted by molar-refractivity contribution is 0.505. The molecule has 8 nitrogen and oxygen atoms in total. The number of hydrogen-bond acceptors (Lipinski definition) is 5. The zero-order valence-electron chi connectivity index (χ0n) is 20.7. The maximum absolute atomic E-state index is 13.4. The Kier molecular flexibility index (Phi) is 6.58. The number of aryl methyl sites for hydroxylation is 2. The van der Waals surface area contributed by atoms with Crippen LogP contribution in [0.25, 0.3) is 22.6 Å². The Morgan fingerprint density at radius 2 is 1.72 bits per heavy atom. The first-order chi connectivity index (χ1) is 17.6. The summed E-state index contributed by atoms with van der Waals surface area (Å²) in [5.41, 5.74) is 7.24. The molecule has 1 N–H and O–H groups in total. The van der Waals surface area contributed by atoms with E-state index in [9.17, 15) is 4.79 Å². The number of aromatic amines is 1. The number of aromatic nitrogens is 7. The molecule has 0 aliphatic heterocycles. The first-order valence-corrected chi connectivity index (χ1v) is 12.2. The van der Waals surface area contributed by atoms with E-state index in [0.29, 0.717) is 12.4 Å². The van der Waals surface area contributed by atoms with Gasteiger partial charge in [0.15, 0.2) is 5.82 Å². The van der Waals surface area contributed by atoms with Gasteiger partial charge in [0.1, 0.15) is 0 Å². The zero-order valence-corrected chi connectivity index (χ0v) is 20.7. The molecule has 0 bridgehead atoms. The van der Waals surface area contributed by atoms with Crippen LogP contribution in [0.2, 0.25) is 0 Å². The van der Waals surface area contributed by atoms with Crippen LogP contribution in [0.3, 0.4) is 0 Å². The number of H-pyrrole nitrogens is 1. The van der Waals surface area contributed by atoms with E-state index >= 15 is 0 Å². The van der Waals surface area contributed by atoms with Crippen molar-refractivity contribution in [2.24, 2.45) is 0 Å². The van der Waals surface area contributed by atoms with Gasteiger partial charge in [0.05, 0.1) is 18.3 Å². The van der Waals surface area contributed by atoms with Gasteiger partial charge < -0.3 is 0 Å². The summed E-state index contributed by atoms with van der Waals surface area (Å²) in [6, 6.07) is 18.2. The maximum atomic E-state index is 13.4. The second-order valence-corrected chi connectivity index (χ2v) is 9.07. The lowest BCUT2D eigenvalue weighted by Gasteiger charge is -2.22. The van der Waals surface area contributed by atoms with Gasteiger partial charge in [0, 0.05) is 29.7 Å². The van der Waals surface area contributed by atoms with Crippen molar-refractivity contribution in [2.45, 2.75) is 46.2 Å². The fourth-order valence-electron chi connectivity index (χ4n) is 4.89. The number of rotatable bonds is 8. The predicted molar refractivity (Wildman–Crippen MR) is 140 cm³/mol. The monoisotopic (exact) mass is 479 g/mol. The average molecular weight is 480 g/mol. The summed E-state index contributed by atoms with van der Waals surface area (Å²) in [5.74, 6) is 0.592. The van der Waals surface area contributed by atoms with Gasteiger partial charge in [-0.2, -0.15) is 0 Å². The third-order valence-corrected chi connectivity index (χ3v) is 6.63. The fourth-order valence-corrected chi connectivity index (χ4v) is 4.89. The van der Waals surface area contributed by atoms with Gasteiger partial charge in [0.2, 0.25) is 0 Å². The summed E-state index contributed by atoms with van der Waals surface area (Å²) in [6.45, 7) is 6.86. The number of hydrogen-bond donors (Lipinski definition) is 1. The molecule has 3 heterocycles. The van der Waals surface area contributed by atoms with Crippen LogP contribution in [0, 0.1) is 13.8 Å². The van der Waals surface area contributed by atoms with Crippen LogP contribution < -0.4 is 5.69 Å². The molecule has 8 heteroatoms. The van der Waals surface area contributed by atoms with Crippen LogP contribution in [0.1, 0.15) is 48.1 Å². The standard InChI is InChI=1S/C28H29N7O/c1-4-8-25(26-19(2)9-7-10-20(26)3)35-16-15-34(28(35)36)18-21-13-14-24(29-17-21)22-11-5-6-12-23(22)27-30-32-33-31-27/h5-7,9-17,25H,4,8,18H2,1-3H3,(H,30,31,32,33). The molecule has 182 valence electrons. The molecule has 0 amide bonds. The lowest BCUT2D eigenvalue weighted by atomic mass is 9.93. The molecule has 2 aromatic carbocycles. The smallest absolute Gasteiger partial charge is 0.295 e. The Labute approximate surface area is 209 Å². The van der Waals surface area contributed by atoms with Crippen molar-refractivity contribution in [1.82, 2.24) is 34.7 Å². The molecule has 36 heavy (non-hydrogen) atoms. The number of benzene rings is 2. The van der Waals surface area contributed by atoms with Gasteiger partial charge >= 0.3 is 5.69 Å². The number of tetrazole rings is 1. The second-order valence-electron chi connectivity index (χ2n) is 9.07. The van der Waals surface area contributed by atoms with Crippen LogP contribution in [-0.2, 0) is 6.54 Å². The van der Waals surface area contributed by atoms with Gasteiger partial charge in [-0.3, -0.25) is 14.1 Å². The van der Waals surface area contributed by atoms with Gasteiger partial charge in [-0.15, -0.1) is 5.10 Å². The van der Waals surface area contributed by atoms with Gasteiger partial charge in [0.25, 0.3) is 0 Å². The minimum atomic E-state index is -0.0108. The van der Waals surface area contributed by atoms with E-state index in [1.54, 1.807) is 4.57 Å². The highest BCUT2D eigenvalue weighted by Crippen LogP contribution is 2.29. The summed E-state index contributed by atoms with van der Waals surface area (Å²) in [7, 11) is 0. The van der Waals surface area contributed by atoms with E-state index < -0.39 is 0 Å². The number of imidazole rings is 1. The summed E-state index contributed by atoms with van der Waals surface area (Å²) < 4.78 is 3.63. The van der Waals surface area contributed by atoms with Gasteiger partial charge in [-0.05, 0) is 59.0 Å². The first kappa shape index (κ1) is 23.4. The molecular weight excluding hydrogens is 450 g/mol. The molecule has 0 spiro atoms. The molecule has 5 aromatic rings. The van der Waals surface area contributed by atoms with E-state index in [1.807, 2.05) is 59.6 Å². The van der Waals surface area contributed by atoms with Crippen LogP contribution in [0.4, 0.5) is 0 Å². The van der Waals surface area contributed by atoms with E-state index in [-0.39, 0.29) is 11.7 Å². The van der Waals surface area contributed by atoms with Crippen LogP contribution in [0.15, 0.2) is 78.0 Å². The predicted octanol–water partition coefficient (Wildman–Crippen LogP) is 4.95. The molecule has 0 aliphatic rings. The minimum absolute atomic E-state index is 0.0108. The molecule has 0 saturated heterocycles.